The zero-order valence-corrected chi connectivity index (χ0v) is 17.0. The molecule has 0 radical (unpaired) electrons. The zero-order chi connectivity index (χ0) is 19.4. The highest BCUT2D eigenvalue weighted by atomic mass is 32.2. The van der Waals surface area contributed by atoms with E-state index in [0.29, 0.717) is 19.7 Å². The van der Waals surface area contributed by atoms with Gasteiger partial charge in [-0.15, -0.1) is 0 Å². The van der Waals surface area contributed by atoms with Crippen LogP contribution in [0.25, 0.3) is 0 Å². The van der Waals surface area contributed by atoms with Gasteiger partial charge in [-0.25, -0.2) is 8.42 Å². The smallest absolute Gasteiger partial charge is 0.238 e. The second kappa shape index (κ2) is 8.58. The van der Waals surface area contributed by atoms with Gasteiger partial charge in [-0.05, 0) is 37.5 Å². The van der Waals surface area contributed by atoms with Crippen LogP contribution in [0.4, 0.5) is 5.69 Å². The number of benzene rings is 1. The predicted molar refractivity (Wildman–Crippen MR) is 105 cm³/mol. The number of hydrogen-bond donors (Lipinski definition) is 0. The van der Waals surface area contributed by atoms with Crippen LogP contribution in [0.5, 0.6) is 0 Å². The van der Waals surface area contributed by atoms with E-state index in [9.17, 15) is 13.2 Å². The highest BCUT2D eigenvalue weighted by molar-refractivity contribution is 7.88. The van der Waals surface area contributed by atoms with Crippen molar-refractivity contribution < 1.29 is 17.9 Å². The molecule has 8 heteroatoms. The number of piperazine rings is 1. The van der Waals surface area contributed by atoms with E-state index in [2.05, 4.69) is 30.0 Å². The van der Waals surface area contributed by atoms with Crippen LogP contribution in [0.2, 0.25) is 0 Å². The van der Waals surface area contributed by atoms with Crippen LogP contribution in [-0.2, 0) is 19.6 Å². The molecule has 2 fully saturated rings. The molecule has 1 amide bonds. The van der Waals surface area contributed by atoms with Crippen molar-refractivity contribution in [1.29, 1.82) is 0 Å². The number of ether oxygens (including phenoxy) is 1. The van der Waals surface area contributed by atoms with Crippen molar-refractivity contribution in [3.8, 4) is 0 Å². The Morgan fingerprint density at radius 1 is 1.26 bits per heavy atom. The van der Waals surface area contributed by atoms with Crippen molar-refractivity contribution in [1.82, 2.24) is 9.21 Å². The SMILES string of the molecule is Cc1cccc(N2CCN(C(=O)CN(CC3CCCO3)S(C)(=O)=O)CC2)c1. The number of amides is 1. The van der Waals surface area contributed by atoms with Gasteiger partial charge in [0.05, 0.1) is 18.9 Å². The van der Waals surface area contributed by atoms with Crippen LogP contribution in [0.15, 0.2) is 24.3 Å². The fourth-order valence-corrected chi connectivity index (χ4v) is 4.40. The number of sulfonamides is 1. The van der Waals surface area contributed by atoms with Crippen LogP contribution in [0.1, 0.15) is 18.4 Å². The van der Waals surface area contributed by atoms with Crippen LogP contribution < -0.4 is 4.90 Å². The molecule has 0 N–H and O–H groups in total. The predicted octanol–water partition coefficient (Wildman–Crippen LogP) is 1.08. The van der Waals surface area contributed by atoms with Gasteiger partial charge < -0.3 is 14.5 Å². The molecule has 1 atom stereocenters. The van der Waals surface area contributed by atoms with E-state index in [1.807, 2.05) is 6.07 Å². The third-order valence-electron chi connectivity index (χ3n) is 5.21. The van der Waals surface area contributed by atoms with Crippen molar-refractivity contribution in [2.24, 2.45) is 0 Å². The van der Waals surface area contributed by atoms with Crippen molar-refractivity contribution in [2.75, 3.05) is 57.0 Å². The Hall–Kier alpha value is -1.64. The van der Waals surface area contributed by atoms with Gasteiger partial charge in [-0.2, -0.15) is 4.31 Å². The van der Waals surface area contributed by atoms with Crippen molar-refractivity contribution in [3.05, 3.63) is 29.8 Å². The highest BCUT2D eigenvalue weighted by Gasteiger charge is 2.29. The molecule has 1 aromatic carbocycles. The van der Waals surface area contributed by atoms with E-state index in [4.69, 9.17) is 4.74 Å². The number of aryl methyl sites for hydroxylation is 1. The fourth-order valence-electron chi connectivity index (χ4n) is 3.62. The van der Waals surface area contributed by atoms with Gasteiger partial charge in [0.25, 0.3) is 0 Å². The molecular formula is C19H29N3O4S. The Kier molecular flexibility index (Phi) is 6.39. The summed E-state index contributed by atoms with van der Waals surface area (Å²) in [5.41, 5.74) is 2.38. The summed E-state index contributed by atoms with van der Waals surface area (Å²) < 4.78 is 31.0. The van der Waals surface area contributed by atoms with Gasteiger partial charge in [0, 0.05) is 45.0 Å². The van der Waals surface area contributed by atoms with Crippen LogP contribution in [-0.4, -0.2) is 81.8 Å². The van der Waals surface area contributed by atoms with E-state index in [0.717, 1.165) is 32.2 Å². The lowest BCUT2D eigenvalue weighted by molar-refractivity contribution is -0.131. The zero-order valence-electron chi connectivity index (χ0n) is 16.1. The molecule has 2 saturated heterocycles. The van der Waals surface area contributed by atoms with Gasteiger partial charge in [0.15, 0.2) is 0 Å². The number of carbonyl (C=O) groups is 1. The molecule has 2 aliphatic rings. The van der Waals surface area contributed by atoms with Crippen molar-refractivity contribution in [2.45, 2.75) is 25.9 Å². The first kappa shape index (κ1) is 20.1. The van der Waals surface area contributed by atoms with Gasteiger partial charge in [-0.3, -0.25) is 4.79 Å². The summed E-state index contributed by atoms with van der Waals surface area (Å²) in [6.07, 6.45) is 2.84. The summed E-state index contributed by atoms with van der Waals surface area (Å²) in [5, 5.41) is 0. The normalized spacial score (nSPS) is 21.1. The lowest BCUT2D eigenvalue weighted by Gasteiger charge is -2.37. The molecule has 0 saturated carbocycles. The molecule has 7 nitrogen and oxygen atoms in total. The summed E-state index contributed by atoms with van der Waals surface area (Å²) in [6.45, 7) is 5.58. The minimum atomic E-state index is -3.45. The largest absolute Gasteiger partial charge is 0.377 e. The van der Waals surface area contributed by atoms with E-state index in [-0.39, 0.29) is 25.1 Å². The highest BCUT2D eigenvalue weighted by Crippen LogP contribution is 2.19. The topological polar surface area (TPSA) is 70.2 Å². The summed E-state index contributed by atoms with van der Waals surface area (Å²) in [7, 11) is -3.45. The molecule has 0 spiro atoms. The van der Waals surface area contributed by atoms with Crippen LogP contribution in [0.3, 0.4) is 0 Å². The molecule has 2 aliphatic heterocycles. The summed E-state index contributed by atoms with van der Waals surface area (Å²) in [4.78, 5) is 16.7. The first-order valence-electron chi connectivity index (χ1n) is 9.49. The van der Waals surface area contributed by atoms with Crippen LogP contribution in [0, 0.1) is 6.92 Å². The Balaban J connectivity index is 1.55. The lowest BCUT2D eigenvalue weighted by Crippen LogP contribution is -2.52. The van der Waals surface area contributed by atoms with E-state index in [1.165, 1.54) is 15.6 Å². The molecule has 0 aromatic heterocycles. The Labute approximate surface area is 161 Å². The van der Waals surface area contributed by atoms with Gasteiger partial charge in [0.2, 0.25) is 15.9 Å². The summed E-state index contributed by atoms with van der Waals surface area (Å²) in [6, 6.07) is 8.33. The molecule has 2 heterocycles. The van der Waals surface area contributed by atoms with Crippen molar-refractivity contribution >= 4 is 21.6 Å². The molecule has 0 bridgehead atoms. The maximum atomic E-state index is 12.7. The number of anilines is 1. The maximum absolute atomic E-state index is 12.7. The van der Waals surface area contributed by atoms with E-state index >= 15 is 0 Å². The molecule has 1 aromatic rings. The molecule has 27 heavy (non-hydrogen) atoms. The fraction of sp³-hybridized carbons (Fsp3) is 0.632. The molecule has 150 valence electrons. The van der Waals surface area contributed by atoms with Crippen LogP contribution >= 0.6 is 0 Å². The molecule has 1 unspecified atom stereocenters. The quantitative estimate of drug-likeness (QED) is 0.721. The van der Waals surface area contributed by atoms with Gasteiger partial charge in [0.1, 0.15) is 0 Å². The number of rotatable bonds is 6. The average Bonchev–Trinajstić information content (AvgIpc) is 3.14. The second-order valence-electron chi connectivity index (χ2n) is 7.40. The Morgan fingerprint density at radius 3 is 2.59 bits per heavy atom. The summed E-state index contributed by atoms with van der Waals surface area (Å²) >= 11 is 0. The minimum Gasteiger partial charge on any atom is -0.377 e. The second-order valence-corrected chi connectivity index (χ2v) is 9.38. The minimum absolute atomic E-state index is 0.106. The van der Waals surface area contributed by atoms with Gasteiger partial charge in [-0.1, -0.05) is 12.1 Å². The van der Waals surface area contributed by atoms with E-state index < -0.39 is 10.0 Å². The maximum Gasteiger partial charge on any atom is 0.238 e. The first-order chi connectivity index (χ1) is 12.8. The Bertz CT molecular complexity index is 754. The number of nitrogens with zero attached hydrogens (tertiary/aromatic N) is 3. The Morgan fingerprint density at radius 2 is 2.00 bits per heavy atom. The standard InChI is InChI=1S/C19H29N3O4S/c1-16-5-3-6-17(13-16)20-8-10-21(11-9-20)19(23)15-22(27(2,24)25)14-18-7-4-12-26-18/h3,5-6,13,18H,4,7-12,14-15H2,1-2H3. The monoisotopic (exact) mass is 395 g/mol. The van der Waals surface area contributed by atoms with Crippen molar-refractivity contribution in [3.63, 3.8) is 0 Å². The summed E-state index contributed by atoms with van der Waals surface area (Å²) in [5.74, 6) is -0.137. The third-order valence-corrected chi connectivity index (χ3v) is 6.43. The van der Waals surface area contributed by atoms with Gasteiger partial charge >= 0.3 is 0 Å². The first-order valence-corrected chi connectivity index (χ1v) is 11.3. The number of hydrogen-bond acceptors (Lipinski definition) is 5. The lowest BCUT2D eigenvalue weighted by atomic mass is 10.2. The average molecular weight is 396 g/mol. The third kappa shape index (κ3) is 5.43. The molecule has 3 rings (SSSR count). The molecular weight excluding hydrogens is 366 g/mol. The molecule has 0 aliphatic carbocycles. The van der Waals surface area contributed by atoms with E-state index in [1.54, 1.807) is 4.90 Å². The number of carbonyl (C=O) groups excluding carboxylic acids is 1.